The average Bonchev–Trinajstić information content (AvgIpc) is 2.09. The van der Waals surface area contributed by atoms with E-state index in [1.165, 1.54) is 0 Å². The van der Waals surface area contributed by atoms with E-state index in [9.17, 15) is 0 Å². The molecule has 2 rings (SSSR count). The molecule has 52 valence electrons. The van der Waals surface area contributed by atoms with Gasteiger partial charge in [0.2, 0.25) is 0 Å². The van der Waals surface area contributed by atoms with Gasteiger partial charge in [0.25, 0.3) is 0 Å². The fourth-order valence-corrected chi connectivity index (χ4v) is 1.37. The largest absolute Gasteiger partial charge is 0.356 e. The van der Waals surface area contributed by atoms with Crippen LogP contribution in [0.25, 0.3) is 0 Å². The van der Waals surface area contributed by atoms with Crippen LogP contribution < -0.4 is 10.6 Å². The zero-order chi connectivity index (χ0) is 6.32. The first-order valence-corrected chi connectivity index (χ1v) is 3.43. The predicted molar refractivity (Wildman–Crippen MR) is 34.2 cm³/mol. The van der Waals surface area contributed by atoms with E-state index < -0.39 is 0 Å². The van der Waals surface area contributed by atoms with E-state index in [1.807, 2.05) is 0 Å². The standard InChI is InChI=1S/C6H12N2O/c1-5-2-9-6(8-5)3-7-4-6/h5,7-8H,2-4H2,1H3. The van der Waals surface area contributed by atoms with E-state index in [4.69, 9.17) is 4.74 Å². The minimum atomic E-state index is 0.0272. The van der Waals surface area contributed by atoms with Gasteiger partial charge in [0, 0.05) is 19.1 Å². The zero-order valence-corrected chi connectivity index (χ0v) is 5.61. The highest BCUT2D eigenvalue weighted by atomic mass is 16.5. The molecule has 0 aromatic rings. The van der Waals surface area contributed by atoms with Gasteiger partial charge >= 0.3 is 0 Å². The van der Waals surface area contributed by atoms with Crippen LogP contribution in [0.1, 0.15) is 6.92 Å². The topological polar surface area (TPSA) is 33.3 Å². The molecule has 0 radical (unpaired) electrons. The van der Waals surface area contributed by atoms with Crippen molar-refractivity contribution in [1.82, 2.24) is 10.6 Å². The Balaban J connectivity index is 1.99. The van der Waals surface area contributed by atoms with E-state index in [1.54, 1.807) is 0 Å². The lowest BCUT2D eigenvalue weighted by atomic mass is 10.1. The van der Waals surface area contributed by atoms with Crippen molar-refractivity contribution in [2.45, 2.75) is 18.7 Å². The summed E-state index contributed by atoms with van der Waals surface area (Å²) < 4.78 is 5.52. The summed E-state index contributed by atoms with van der Waals surface area (Å²) in [5.41, 5.74) is 0.0272. The zero-order valence-electron chi connectivity index (χ0n) is 5.61. The Labute approximate surface area is 54.8 Å². The first-order valence-electron chi connectivity index (χ1n) is 3.43. The van der Waals surface area contributed by atoms with Crippen molar-refractivity contribution in [3.05, 3.63) is 0 Å². The van der Waals surface area contributed by atoms with Crippen molar-refractivity contribution in [3.63, 3.8) is 0 Å². The second-order valence-electron chi connectivity index (χ2n) is 2.95. The maximum Gasteiger partial charge on any atom is 0.144 e. The molecule has 3 heteroatoms. The maximum atomic E-state index is 5.52. The Morgan fingerprint density at radius 1 is 1.56 bits per heavy atom. The van der Waals surface area contributed by atoms with Crippen molar-refractivity contribution in [2.75, 3.05) is 19.7 Å². The van der Waals surface area contributed by atoms with Crippen molar-refractivity contribution >= 4 is 0 Å². The van der Waals surface area contributed by atoms with Crippen LogP contribution in [-0.4, -0.2) is 31.5 Å². The SMILES string of the molecule is CC1COC2(CNC2)N1. The summed E-state index contributed by atoms with van der Waals surface area (Å²) in [7, 11) is 0. The number of nitrogens with one attached hydrogen (secondary N) is 2. The molecule has 0 aromatic carbocycles. The molecule has 2 N–H and O–H groups in total. The van der Waals surface area contributed by atoms with Crippen LogP contribution in [-0.2, 0) is 4.74 Å². The van der Waals surface area contributed by atoms with Gasteiger partial charge in [0.05, 0.1) is 6.61 Å². The minimum absolute atomic E-state index is 0.0272. The average molecular weight is 128 g/mol. The third kappa shape index (κ3) is 0.764. The molecular weight excluding hydrogens is 116 g/mol. The maximum absolute atomic E-state index is 5.52. The van der Waals surface area contributed by atoms with Crippen molar-refractivity contribution in [2.24, 2.45) is 0 Å². The van der Waals surface area contributed by atoms with Gasteiger partial charge in [-0.2, -0.15) is 0 Å². The first kappa shape index (κ1) is 5.65. The van der Waals surface area contributed by atoms with Crippen LogP contribution >= 0.6 is 0 Å². The first-order chi connectivity index (χ1) is 4.31. The van der Waals surface area contributed by atoms with Crippen LogP contribution in [0.5, 0.6) is 0 Å². The summed E-state index contributed by atoms with van der Waals surface area (Å²) in [5, 5.41) is 6.56. The van der Waals surface area contributed by atoms with Gasteiger partial charge in [0.15, 0.2) is 0 Å². The lowest BCUT2D eigenvalue weighted by molar-refractivity contribution is -0.0500. The highest BCUT2D eigenvalue weighted by Crippen LogP contribution is 2.19. The van der Waals surface area contributed by atoms with Gasteiger partial charge in [-0.1, -0.05) is 0 Å². The van der Waals surface area contributed by atoms with E-state index in [0.717, 1.165) is 19.7 Å². The molecule has 3 nitrogen and oxygen atoms in total. The molecule has 2 aliphatic heterocycles. The Kier molecular flexibility index (Phi) is 1.06. The molecular formula is C6H12N2O. The minimum Gasteiger partial charge on any atom is -0.356 e. The summed E-state index contributed by atoms with van der Waals surface area (Å²) in [6, 6.07) is 0.534. The monoisotopic (exact) mass is 128 g/mol. The van der Waals surface area contributed by atoms with Crippen LogP contribution in [0.4, 0.5) is 0 Å². The van der Waals surface area contributed by atoms with Crippen LogP contribution in [0.15, 0.2) is 0 Å². The van der Waals surface area contributed by atoms with Gasteiger partial charge < -0.3 is 10.1 Å². The van der Waals surface area contributed by atoms with Gasteiger partial charge in [-0.25, -0.2) is 0 Å². The third-order valence-corrected chi connectivity index (χ3v) is 1.94. The molecule has 1 atom stereocenters. The number of ether oxygens (including phenoxy) is 1. The molecule has 2 fully saturated rings. The van der Waals surface area contributed by atoms with Gasteiger partial charge in [-0.15, -0.1) is 0 Å². The molecule has 1 spiro atoms. The number of rotatable bonds is 0. The molecule has 0 bridgehead atoms. The Bertz CT molecular complexity index is 122. The summed E-state index contributed by atoms with van der Waals surface area (Å²) >= 11 is 0. The smallest absolute Gasteiger partial charge is 0.144 e. The second-order valence-corrected chi connectivity index (χ2v) is 2.95. The lowest BCUT2D eigenvalue weighted by Crippen LogP contribution is -2.66. The summed E-state index contributed by atoms with van der Waals surface area (Å²) in [5.74, 6) is 0. The molecule has 2 saturated heterocycles. The predicted octanol–water partition coefficient (Wildman–Crippen LogP) is -0.706. The van der Waals surface area contributed by atoms with Crippen molar-refractivity contribution in [3.8, 4) is 0 Å². The van der Waals surface area contributed by atoms with Gasteiger partial charge in [-0.05, 0) is 6.92 Å². The highest BCUT2D eigenvalue weighted by Gasteiger charge is 2.43. The molecule has 2 heterocycles. The van der Waals surface area contributed by atoms with Crippen molar-refractivity contribution < 1.29 is 4.74 Å². The van der Waals surface area contributed by atoms with Gasteiger partial charge in [0.1, 0.15) is 5.72 Å². The highest BCUT2D eigenvalue weighted by molar-refractivity contribution is 4.97. The molecule has 0 aromatic heterocycles. The van der Waals surface area contributed by atoms with E-state index >= 15 is 0 Å². The summed E-state index contributed by atoms with van der Waals surface area (Å²) in [6.07, 6.45) is 0. The molecule has 0 amide bonds. The van der Waals surface area contributed by atoms with Crippen LogP contribution in [0.2, 0.25) is 0 Å². The quantitative estimate of drug-likeness (QED) is 0.452. The second kappa shape index (κ2) is 1.68. The molecule has 1 unspecified atom stereocenters. The fourth-order valence-electron chi connectivity index (χ4n) is 1.37. The fraction of sp³-hybridized carbons (Fsp3) is 1.00. The Hall–Kier alpha value is -0.120. The summed E-state index contributed by atoms with van der Waals surface area (Å²) in [6.45, 7) is 4.95. The third-order valence-electron chi connectivity index (χ3n) is 1.94. The number of hydrogen-bond donors (Lipinski definition) is 2. The molecule has 2 aliphatic rings. The van der Waals surface area contributed by atoms with E-state index in [2.05, 4.69) is 17.6 Å². The normalized spacial score (nSPS) is 39.0. The van der Waals surface area contributed by atoms with Crippen molar-refractivity contribution in [1.29, 1.82) is 0 Å². The molecule has 9 heavy (non-hydrogen) atoms. The Morgan fingerprint density at radius 2 is 2.33 bits per heavy atom. The van der Waals surface area contributed by atoms with Crippen LogP contribution in [0, 0.1) is 0 Å². The van der Waals surface area contributed by atoms with Gasteiger partial charge in [-0.3, -0.25) is 5.32 Å². The number of hydrogen-bond acceptors (Lipinski definition) is 3. The van der Waals surface area contributed by atoms with E-state index in [-0.39, 0.29) is 5.72 Å². The van der Waals surface area contributed by atoms with E-state index in [0.29, 0.717) is 6.04 Å². The molecule has 0 saturated carbocycles. The van der Waals surface area contributed by atoms with Crippen LogP contribution in [0.3, 0.4) is 0 Å². The Morgan fingerprint density at radius 3 is 2.56 bits per heavy atom. The molecule has 0 aliphatic carbocycles. The summed E-state index contributed by atoms with van der Waals surface area (Å²) in [4.78, 5) is 0. The lowest BCUT2D eigenvalue weighted by Gasteiger charge is -2.38.